The summed E-state index contributed by atoms with van der Waals surface area (Å²) in [7, 11) is -2.79. The van der Waals surface area contributed by atoms with Gasteiger partial charge in [-0.2, -0.15) is 13.2 Å². The number of ether oxygens (including phenoxy) is 1. The zero-order valence-corrected chi connectivity index (χ0v) is 24.8. The lowest BCUT2D eigenvalue weighted by atomic mass is 9.95. The fraction of sp³-hybridized carbons (Fsp3) is 0.500. The van der Waals surface area contributed by atoms with E-state index in [1.54, 1.807) is 31.2 Å². The van der Waals surface area contributed by atoms with Crippen molar-refractivity contribution in [2.75, 3.05) is 24.2 Å². The van der Waals surface area contributed by atoms with Gasteiger partial charge in [-0.3, -0.25) is 13.9 Å². The van der Waals surface area contributed by atoms with E-state index in [4.69, 9.17) is 16.3 Å². The lowest BCUT2D eigenvalue weighted by molar-refractivity contribution is -0.140. The normalized spacial score (nSPS) is 15.2. The Hall–Kier alpha value is -2.99. The number of carbonyl (C=O) groups excluding carboxylic acids is 2. The zero-order valence-electron chi connectivity index (χ0n) is 23.2. The van der Waals surface area contributed by atoms with Crippen LogP contribution >= 0.6 is 11.6 Å². The lowest BCUT2D eigenvalue weighted by Gasteiger charge is -2.34. The molecule has 0 bridgehead atoms. The zero-order chi connectivity index (χ0) is 30.4. The number of hydrogen-bond acceptors (Lipinski definition) is 5. The molecule has 1 aliphatic rings. The van der Waals surface area contributed by atoms with E-state index in [0.29, 0.717) is 21.7 Å². The standard InChI is InChI=1S/C28H35ClF3N3O5S/c1-4-24(27(37)33-21-10-6-5-7-11-21)34(17-19-9-8-12-22(15-19)40-2)26(36)18-35(41(3,38)39)25-16-20(28(30,31)32)13-14-23(25)29/h8-9,12-16,21,24H,4-7,10-11,17-18H2,1-3H3,(H,33,37)/t24-/m1/s1. The Morgan fingerprint density at radius 2 is 1.80 bits per heavy atom. The van der Waals surface area contributed by atoms with Gasteiger partial charge in [-0.1, -0.05) is 49.9 Å². The first-order valence-electron chi connectivity index (χ1n) is 13.3. The minimum atomic E-state index is -4.77. The third-order valence-corrected chi connectivity index (χ3v) is 8.49. The van der Waals surface area contributed by atoms with Crippen molar-refractivity contribution in [2.45, 2.75) is 70.3 Å². The molecule has 1 fully saturated rings. The molecule has 2 amide bonds. The summed E-state index contributed by atoms with van der Waals surface area (Å²) in [6.45, 7) is 0.798. The molecule has 0 radical (unpaired) electrons. The van der Waals surface area contributed by atoms with Crippen molar-refractivity contribution in [3.8, 4) is 5.75 Å². The van der Waals surface area contributed by atoms with Gasteiger partial charge < -0.3 is 15.0 Å². The van der Waals surface area contributed by atoms with Gasteiger partial charge in [0.25, 0.3) is 0 Å². The summed E-state index contributed by atoms with van der Waals surface area (Å²) in [5, 5.41) is 2.75. The molecule has 1 saturated carbocycles. The minimum Gasteiger partial charge on any atom is -0.497 e. The molecule has 0 heterocycles. The molecule has 2 aromatic rings. The number of halogens is 4. The average Bonchev–Trinajstić information content (AvgIpc) is 2.91. The highest BCUT2D eigenvalue weighted by Gasteiger charge is 2.35. The van der Waals surface area contributed by atoms with Crippen molar-refractivity contribution in [3.63, 3.8) is 0 Å². The first kappa shape index (κ1) is 32.5. The van der Waals surface area contributed by atoms with Gasteiger partial charge in [-0.05, 0) is 55.2 Å². The monoisotopic (exact) mass is 617 g/mol. The second-order valence-corrected chi connectivity index (χ2v) is 12.4. The summed E-state index contributed by atoms with van der Waals surface area (Å²) in [6, 6.07) is 8.10. The number of carbonyl (C=O) groups is 2. The van der Waals surface area contributed by atoms with E-state index in [0.717, 1.165) is 50.5 Å². The Labute approximate surface area is 243 Å². The third kappa shape index (κ3) is 8.75. The maximum atomic E-state index is 13.9. The van der Waals surface area contributed by atoms with Gasteiger partial charge in [0.15, 0.2) is 0 Å². The number of sulfonamides is 1. The van der Waals surface area contributed by atoms with Gasteiger partial charge in [0.1, 0.15) is 18.3 Å². The van der Waals surface area contributed by atoms with Gasteiger partial charge in [0, 0.05) is 12.6 Å². The van der Waals surface area contributed by atoms with E-state index in [9.17, 15) is 31.2 Å². The summed E-state index contributed by atoms with van der Waals surface area (Å²) in [5.41, 5.74) is -0.993. The number of nitrogens with one attached hydrogen (secondary N) is 1. The van der Waals surface area contributed by atoms with E-state index in [-0.39, 0.29) is 29.9 Å². The van der Waals surface area contributed by atoms with Crippen LogP contribution in [0.25, 0.3) is 0 Å². The van der Waals surface area contributed by atoms with Gasteiger partial charge in [-0.15, -0.1) is 0 Å². The van der Waals surface area contributed by atoms with Crippen LogP contribution in [0.3, 0.4) is 0 Å². The topological polar surface area (TPSA) is 96.0 Å². The molecular formula is C28H35ClF3N3O5S. The van der Waals surface area contributed by atoms with E-state index in [1.807, 2.05) is 0 Å². The van der Waals surface area contributed by atoms with Crippen LogP contribution in [0.2, 0.25) is 5.02 Å². The van der Waals surface area contributed by atoms with E-state index < -0.39 is 45.9 Å². The number of benzene rings is 2. The number of hydrogen-bond donors (Lipinski definition) is 1. The smallest absolute Gasteiger partial charge is 0.416 e. The van der Waals surface area contributed by atoms with Crippen LogP contribution in [0, 0.1) is 0 Å². The molecule has 1 atom stereocenters. The second kappa shape index (κ2) is 13.8. The maximum Gasteiger partial charge on any atom is 0.416 e. The van der Waals surface area contributed by atoms with Crippen LogP contribution in [0.4, 0.5) is 18.9 Å². The molecule has 0 unspecified atom stereocenters. The number of methoxy groups -OCH3 is 1. The molecule has 0 saturated heterocycles. The summed E-state index contributed by atoms with van der Waals surface area (Å²) >= 11 is 6.15. The van der Waals surface area contributed by atoms with Crippen LogP contribution in [-0.2, 0) is 32.3 Å². The summed E-state index contributed by atoms with van der Waals surface area (Å²) in [4.78, 5) is 28.6. The fourth-order valence-corrected chi connectivity index (χ4v) is 6.03. The Kier molecular flexibility index (Phi) is 10.9. The van der Waals surface area contributed by atoms with Crippen molar-refractivity contribution in [1.29, 1.82) is 0 Å². The Balaban J connectivity index is 2.00. The highest BCUT2D eigenvalue weighted by molar-refractivity contribution is 7.92. The molecule has 0 aliphatic heterocycles. The number of anilines is 1. The van der Waals surface area contributed by atoms with Crippen LogP contribution < -0.4 is 14.4 Å². The number of amides is 2. The summed E-state index contributed by atoms with van der Waals surface area (Å²) in [5.74, 6) is -0.640. The van der Waals surface area contributed by atoms with Crippen LogP contribution in [0.5, 0.6) is 5.75 Å². The van der Waals surface area contributed by atoms with Crippen molar-refractivity contribution >= 4 is 39.1 Å². The largest absolute Gasteiger partial charge is 0.497 e. The van der Waals surface area contributed by atoms with Crippen molar-refractivity contribution in [2.24, 2.45) is 0 Å². The molecule has 0 spiro atoms. The van der Waals surface area contributed by atoms with E-state index >= 15 is 0 Å². The quantitative estimate of drug-likeness (QED) is 0.365. The Morgan fingerprint density at radius 3 is 2.39 bits per heavy atom. The molecule has 1 aliphatic carbocycles. The number of alkyl halides is 3. The van der Waals surface area contributed by atoms with Crippen LogP contribution in [-0.4, -0.2) is 57.1 Å². The average molecular weight is 618 g/mol. The molecule has 2 aromatic carbocycles. The van der Waals surface area contributed by atoms with Gasteiger partial charge in [0.05, 0.1) is 29.6 Å². The SMILES string of the molecule is CC[C@H](C(=O)NC1CCCCC1)N(Cc1cccc(OC)c1)C(=O)CN(c1cc(C(F)(F)F)ccc1Cl)S(C)(=O)=O. The van der Waals surface area contributed by atoms with Crippen molar-refractivity contribution < 1.29 is 35.9 Å². The molecule has 1 N–H and O–H groups in total. The molecular weight excluding hydrogens is 583 g/mol. The van der Waals surface area contributed by atoms with Crippen molar-refractivity contribution in [3.05, 3.63) is 58.6 Å². The van der Waals surface area contributed by atoms with Gasteiger partial charge in [-0.25, -0.2) is 8.42 Å². The second-order valence-electron chi connectivity index (χ2n) is 10.1. The first-order chi connectivity index (χ1) is 19.2. The molecule has 13 heteroatoms. The van der Waals surface area contributed by atoms with E-state index in [2.05, 4.69) is 5.32 Å². The predicted molar refractivity (Wildman–Crippen MR) is 151 cm³/mol. The van der Waals surface area contributed by atoms with Crippen molar-refractivity contribution in [1.82, 2.24) is 10.2 Å². The third-order valence-electron chi connectivity index (χ3n) is 7.05. The fourth-order valence-electron chi connectivity index (χ4n) is 4.91. The van der Waals surface area contributed by atoms with Gasteiger partial charge >= 0.3 is 6.18 Å². The van der Waals surface area contributed by atoms with Crippen LogP contribution in [0.1, 0.15) is 56.6 Å². The maximum absolute atomic E-state index is 13.9. The summed E-state index contributed by atoms with van der Waals surface area (Å²) in [6.07, 6.45) is 0.918. The summed E-state index contributed by atoms with van der Waals surface area (Å²) < 4.78 is 71.8. The van der Waals surface area contributed by atoms with E-state index in [1.165, 1.54) is 12.0 Å². The van der Waals surface area contributed by atoms with Gasteiger partial charge in [0.2, 0.25) is 21.8 Å². The molecule has 0 aromatic heterocycles. The molecule has 41 heavy (non-hydrogen) atoms. The highest BCUT2D eigenvalue weighted by atomic mass is 35.5. The highest BCUT2D eigenvalue weighted by Crippen LogP contribution is 2.36. The Morgan fingerprint density at radius 1 is 1.12 bits per heavy atom. The molecule has 8 nitrogen and oxygen atoms in total. The Bertz CT molecular complexity index is 1330. The first-order valence-corrected chi connectivity index (χ1v) is 15.5. The van der Waals surface area contributed by atoms with Crippen LogP contribution in [0.15, 0.2) is 42.5 Å². The molecule has 3 rings (SSSR count). The number of nitrogens with zero attached hydrogens (tertiary/aromatic N) is 2. The minimum absolute atomic E-state index is 0.0319. The lowest BCUT2D eigenvalue weighted by Crippen LogP contribution is -2.54. The molecule has 226 valence electrons. The number of rotatable bonds is 11. The predicted octanol–water partition coefficient (Wildman–Crippen LogP) is 5.39.